The third-order valence-electron chi connectivity index (χ3n) is 5.17. The van der Waals surface area contributed by atoms with E-state index in [2.05, 4.69) is 41.3 Å². The smallest absolute Gasteiger partial charge is 0.191 e. The van der Waals surface area contributed by atoms with E-state index in [1.54, 1.807) is 11.8 Å². The van der Waals surface area contributed by atoms with Gasteiger partial charge in [0, 0.05) is 49.5 Å². The van der Waals surface area contributed by atoms with Crippen molar-refractivity contribution < 1.29 is 0 Å². The highest BCUT2D eigenvalue weighted by Crippen LogP contribution is 2.26. The molecule has 0 spiro atoms. The van der Waals surface area contributed by atoms with E-state index in [4.69, 9.17) is 4.98 Å². The number of anilines is 4. The van der Waals surface area contributed by atoms with Gasteiger partial charge in [-0.15, -0.1) is 0 Å². The maximum absolute atomic E-state index is 4.74. The van der Waals surface area contributed by atoms with Gasteiger partial charge in [-0.25, -0.2) is 15.0 Å². The van der Waals surface area contributed by atoms with Crippen LogP contribution in [0.5, 0.6) is 0 Å². The van der Waals surface area contributed by atoms with Gasteiger partial charge in [0.2, 0.25) is 0 Å². The number of hydrogen-bond donors (Lipinski definition) is 2. The fourth-order valence-corrected chi connectivity index (χ4v) is 3.97. The minimum atomic E-state index is 0.754. The van der Waals surface area contributed by atoms with E-state index in [-0.39, 0.29) is 0 Å². The zero-order valence-electron chi connectivity index (χ0n) is 16.6. The number of aromatic amines is 1. The molecule has 1 aliphatic rings. The first-order valence-electron chi connectivity index (χ1n) is 9.83. The highest BCUT2D eigenvalue weighted by atomic mass is 32.2. The first-order chi connectivity index (χ1) is 14.8. The molecule has 9 heteroatoms. The van der Waals surface area contributed by atoms with Gasteiger partial charge in [-0.1, -0.05) is 17.8 Å². The standard InChI is InChI=1S/C21H22N8S/c1-30-21-25-18(24-16-6-5-15-14-23-27-17(15)12-16)13-20(26-21)29-10-8-28(9-11-29)19-4-2-3-7-22-19/h2-7,12-14H,8-11H2,1H3,(H,23,27)(H,24,25,26). The summed E-state index contributed by atoms with van der Waals surface area (Å²) in [6.45, 7) is 3.60. The van der Waals surface area contributed by atoms with Crippen molar-refractivity contribution in [2.75, 3.05) is 47.6 Å². The molecule has 4 heterocycles. The molecule has 1 fully saturated rings. The molecule has 1 aliphatic heterocycles. The number of piperazine rings is 1. The van der Waals surface area contributed by atoms with Crippen LogP contribution in [-0.4, -0.2) is 57.6 Å². The van der Waals surface area contributed by atoms with E-state index < -0.39 is 0 Å². The fraction of sp³-hybridized carbons (Fsp3) is 0.238. The van der Waals surface area contributed by atoms with Crippen LogP contribution >= 0.6 is 11.8 Å². The van der Waals surface area contributed by atoms with E-state index in [1.807, 2.05) is 55.0 Å². The third kappa shape index (κ3) is 3.88. The van der Waals surface area contributed by atoms with E-state index in [0.29, 0.717) is 0 Å². The summed E-state index contributed by atoms with van der Waals surface area (Å²) < 4.78 is 0. The van der Waals surface area contributed by atoms with Crippen LogP contribution in [0.25, 0.3) is 10.9 Å². The lowest BCUT2D eigenvalue weighted by Crippen LogP contribution is -2.47. The van der Waals surface area contributed by atoms with Gasteiger partial charge in [0.05, 0.1) is 11.7 Å². The van der Waals surface area contributed by atoms with Crippen molar-refractivity contribution >= 4 is 45.8 Å². The van der Waals surface area contributed by atoms with Crippen molar-refractivity contribution in [2.24, 2.45) is 0 Å². The average Bonchev–Trinajstić information content (AvgIpc) is 3.27. The number of benzene rings is 1. The van der Waals surface area contributed by atoms with Crippen LogP contribution in [0.1, 0.15) is 0 Å². The summed E-state index contributed by atoms with van der Waals surface area (Å²) in [5.74, 6) is 2.76. The maximum atomic E-state index is 4.74. The zero-order valence-corrected chi connectivity index (χ0v) is 17.4. The topological polar surface area (TPSA) is 85.9 Å². The molecule has 1 saturated heterocycles. The number of rotatable bonds is 5. The lowest BCUT2D eigenvalue weighted by Gasteiger charge is -2.36. The fourth-order valence-electron chi connectivity index (χ4n) is 3.60. The van der Waals surface area contributed by atoms with E-state index in [9.17, 15) is 0 Å². The number of hydrogen-bond acceptors (Lipinski definition) is 8. The minimum absolute atomic E-state index is 0.754. The van der Waals surface area contributed by atoms with Gasteiger partial charge in [-0.05, 0) is 36.6 Å². The lowest BCUT2D eigenvalue weighted by atomic mass is 10.2. The summed E-state index contributed by atoms with van der Waals surface area (Å²) in [4.78, 5) is 18.5. The van der Waals surface area contributed by atoms with Crippen molar-refractivity contribution in [2.45, 2.75) is 5.16 Å². The van der Waals surface area contributed by atoms with E-state index in [1.165, 1.54) is 0 Å². The average molecular weight is 419 g/mol. The Balaban J connectivity index is 1.34. The molecule has 152 valence electrons. The second kappa shape index (κ2) is 8.19. The predicted octanol–water partition coefficient (Wildman–Crippen LogP) is 3.54. The molecule has 2 N–H and O–H groups in total. The largest absolute Gasteiger partial charge is 0.353 e. The molecule has 0 atom stereocenters. The molecule has 0 radical (unpaired) electrons. The number of thioether (sulfide) groups is 1. The number of nitrogens with zero attached hydrogens (tertiary/aromatic N) is 6. The molecule has 30 heavy (non-hydrogen) atoms. The Morgan fingerprint density at radius 1 is 0.967 bits per heavy atom. The van der Waals surface area contributed by atoms with Gasteiger partial charge in [0.25, 0.3) is 0 Å². The molecule has 1 aromatic carbocycles. The Morgan fingerprint density at radius 2 is 1.80 bits per heavy atom. The Labute approximate surface area is 178 Å². The SMILES string of the molecule is CSc1nc(Nc2ccc3cn[nH]c3c2)cc(N2CCN(c3ccccn3)CC2)n1. The van der Waals surface area contributed by atoms with Crippen LogP contribution < -0.4 is 15.1 Å². The number of H-pyrrole nitrogens is 1. The van der Waals surface area contributed by atoms with Crippen LogP contribution in [-0.2, 0) is 0 Å². The molecule has 0 unspecified atom stereocenters. The van der Waals surface area contributed by atoms with Gasteiger partial charge in [0.15, 0.2) is 5.16 Å². The monoisotopic (exact) mass is 418 g/mol. The lowest BCUT2D eigenvalue weighted by molar-refractivity contribution is 0.638. The van der Waals surface area contributed by atoms with Gasteiger partial charge >= 0.3 is 0 Å². The Kier molecular flexibility index (Phi) is 5.10. The second-order valence-electron chi connectivity index (χ2n) is 7.06. The highest BCUT2D eigenvalue weighted by Gasteiger charge is 2.20. The molecule has 0 bridgehead atoms. The summed E-state index contributed by atoms with van der Waals surface area (Å²) in [7, 11) is 0. The van der Waals surface area contributed by atoms with Crippen molar-refractivity contribution in [3.05, 3.63) is 54.9 Å². The number of nitrogens with one attached hydrogen (secondary N) is 2. The van der Waals surface area contributed by atoms with E-state index >= 15 is 0 Å². The molecule has 8 nitrogen and oxygen atoms in total. The first-order valence-corrected chi connectivity index (χ1v) is 11.1. The molecule has 0 saturated carbocycles. The normalized spacial score (nSPS) is 14.3. The van der Waals surface area contributed by atoms with Crippen LogP contribution in [0.3, 0.4) is 0 Å². The third-order valence-corrected chi connectivity index (χ3v) is 5.71. The van der Waals surface area contributed by atoms with Crippen LogP contribution in [0.2, 0.25) is 0 Å². The number of fused-ring (bicyclic) bond motifs is 1. The maximum Gasteiger partial charge on any atom is 0.191 e. The van der Waals surface area contributed by atoms with Crippen molar-refractivity contribution in [3.63, 3.8) is 0 Å². The number of aromatic nitrogens is 5. The van der Waals surface area contributed by atoms with Crippen molar-refractivity contribution in [1.82, 2.24) is 25.1 Å². The van der Waals surface area contributed by atoms with Gasteiger partial charge in [0.1, 0.15) is 17.5 Å². The van der Waals surface area contributed by atoms with Gasteiger partial charge in [-0.2, -0.15) is 5.10 Å². The Morgan fingerprint density at radius 3 is 2.57 bits per heavy atom. The van der Waals surface area contributed by atoms with Crippen molar-refractivity contribution in [3.8, 4) is 0 Å². The molecular weight excluding hydrogens is 396 g/mol. The number of pyridine rings is 1. The van der Waals surface area contributed by atoms with Gasteiger partial charge < -0.3 is 15.1 Å². The molecule has 4 aromatic rings. The molecule has 5 rings (SSSR count). The summed E-state index contributed by atoms with van der Waals surface area (Å²) in [5.41, 5.74) is 1.95. The molecule has 0 aliphatic carbocycles. The zero-order chi connectivity index (χ0) is 20.3. The Bertz CT molecular complexity index is 1140. The first kappa shape index (κ1) is 18.7. The molecule has 0 amide bonds. The molecular formula is C21H22N8S. The summed E-state index contributed by atoms with van der Waals surface area (Å²) in [6.07, 6.45) is 5.66. The van der Waals surface area contributed by atoms with Crippen LogP contribution in [0, 0.1) is 0 Å². The summed E-state index contributed by atoms with van der Waals surface area (Å²) in [6, 6.07) is 14.2. The summed E-state index contributed by atoms with van der Waals surface area (Å²) >= 11 is 1.55. The predicted molar refractivity (Wildman–Crippen MR) is 122 cm³/mol. The highest BCUT2D eigenvalue weighted by molar-refractivity contribution is 7.98. The quantitative estimate of drug-likeness (QED) is 0.376. The van der Waals surface area contributed by atoms with Crippen molar-refractivity contribution in [1.29, 1.82) is 0 Å². The molecule has 3 aromatic heterocycles. The van der Waals surface area contributed by atoms with E-state index in [0.717, 1.165) is 65.4 Å². The summed E-state index contributed by atoms with van der Waals surface area (Å²) in [5, 5.41) is 12.3. The minimum Gasteiger partial charge on any atom is -0.353 e. The van der Waals surface area contributed by atoms with Crippen LogP contribution in [0.4, 0.5) is 23.1 Å². The van der Waals surface area contributed by atoms with Crippen LogP contribution in [0.15, 0.2) is 60.0 Å². The second-order valence-corrected chi connectivity index (χ2v) is 7.83. The Hall–Kier alpha value is -3.33. The van der Waals surface area contributed by atoms with Gasteiger partial charge in [-0.3, -0.25) is 5.10 Å².